The molecular formula is C18H16Cl3NO3. The molecule has 1 amide bonds. The predicted octanol–water partition coefficient (Wildman–Crippen LogP) is 5.57. The Kier molecular flexibility index (Phi) is 6.71. The van der Waals surface area contributed by atoms with Crippen molar-refractivity contribution in [3.8, 4) is 0 Å². The first kappa shape index (κ1) is 19.6. The first-order valence-corrected chi connectivity index (χ1v) is 8.62. The Morgan fingerprint density at radius 1 is 1.04 bits per heavy atom. The van der Waals surface area contributed by atoms with Gasteiger partial charge in [0, 0.05) is 5.02 Å². The molecule has 2 aromatic carbocycles. The van der Waals surface area contributed by atoms with Gasteiger partial charge in [-0.2, -0.15) is 0 Å². The minimum Gasteiger partial charge on any atom is -0.452 e. The maximum Gasteiger partial charge on any atom is 0.338 e. The van der Waals surface area contributed by atoms with Gasteiger partial charge in [0.05, 0.1) is 21.3 Å². The van der Waals surface area contributed by atoms with E-state index < -0.39 is 18.5 Å². The lowest BCUT2D eigenvalue weighted by Crippen LogP contribution is -2.21. The summed E-state index contributed by atoms with van der Waals surface area (Å²) in [5.41, 5.74) is 1.70. The summed E-state index contributed by atoms with van der Waals surface area (Å²) in [5.74, 6) is -0.776. The summed E-state index contributed by atoms with van der Waals surface area (Å²) in [6.45, 7) is 3.66. The van der Waals surface area contributed by atoms with E-state index in [9.17, 15) is 9.59 Å². The van der Waals surface area contributed by atoms with Crippen LogP contribution in [0.2, 0.25) is 15.1 Å². The van der Waals surface area contributed by atoms with Crippen molar-refractivity contribution in [1.29, 1.82) is 0 Å². The van der Waals surface area contributed by atoms with E-state index in [-0.39, 0.29) is 15.7 Å². The molecule has 0 aliphatic rings. The summed E-state index contributed by atoms with van der Waals surface area (Å²) < 4.78 is 5.00. The average Bonchev–Trinajstić information content (AvgIpc) is 2.56. The number of benzene rings is 2. The van der Waals surface area contributed by atoms with Crippen molar-refractivity contribution in [2.75, 3.05) is 11.9 Å². The second-order valence-corrected chi connectivity index (χ2v) is 6.90. The highest BCUT2D eigenvalue weighted by molar-refractivity contribution is 6.42. The number of halogens is 3. The van der Waals surface area contributed by atoms with Gasteiger partial charge < -0.3 is 10.1 Å². The van der Waals surface area contributed by atoms with Crippen LogP contribution in [0.25, 0.3) is 0 Å². The smallest absolute Gasteiger partial charge is 0.338 e. The van der Waals surface area contributed by atoms with Gasteiger partial charge in [-0.15, -0.1) is 0 Å². The number of amides is 1. The van der Waals surface area contributed by atoms with Crippen molar-refractivity contribution in [3.05, 3.63) is 62.6 Å². The van der Waals surface area contributed by atoms with Gasteiger partial charge in [0.25, 0.3) is 5.91 Å². The zero-order valence-electron chi connectivity index (χ0n) is 13.6. The summed E-state index contributed by atoms with van der Waals surface area (Å²) in [6, 6.07) is 9.95. The van der Waals surface area contributed by atoms with Crippen LogP contribution >= 0.6 is 34.8 Å². The number of esters is 1. The van der Waals surface area contributed by atoms with E-state index in [0.29, 0.717) is 16.5 Å². The second kappa shape index (κ2) is 8.56. The molecule has 7 heteroatoms. The molecular weight excluding hydrogens is 385 g/mol. The zero-order valence-corrected chi connectivity index (χ0v) is 15.9. The van der Waals surface area contributed by atoms with Crippen LogP contribution in [0.1, 0.15) is 35.7 Å². The van der Waals surface area contributed by atoms with Gasteiger partial charge in [-0.1, -0.05) is 60.8 Å². The number of nitrogens with one attached hydrogen (secondary N) is 1. The molecule has 0 aliphatic carbocycles. The third-order valence-electron chi connectivity index (χ3n) is 3.42. The molecule has 132 valence electrons. The number of hydrogen-bond donors (Lipinski definition) is 1. The van der Waals surface area contributed by atoms with Crippen LogP contribution in [0, 0.1) is 0 Å². The summed E-state index contributed by atoms with van der Waals surface area (Å²) in [4.78, 5) is 23.9. The number of carbonyl (C=O) groups is 2. The molecule has 0 bridgehead atoms. The van der Waals surface area contributed by atoms with Crippen molar-refractivity contribution >= 4 is 52.4 Å². The highest BCUT2D eigenvalue weighted by atomic mass is 35.5. The van der Waals surface area contributed by atoms with E-state index in [1.54, 1.807) is 12.1 Å². The molecule has 0 fully saturated rings. The molecule has 4 nitrogen and oxygen atoms in total. The maximum absolute atomic E-state index is 12.0. The lowest BCUT2D eigenvalue weighted by molar-refractivity contribution is -0.119. The minimum absolute atomic E-state index is 0.196. The van der Waals surface area contributed by atoms with Crippen molar-refractivity contribution in [2.24, 2.45) is 0 Å². The molecule has 0 radical (unpaired) electrons. The Bertz CT molecular complexity index is 766. The van der Waals surface area contributed by atoms with E-state index in [1.165, 1.54) is 12.1 Å². The van der Waals surface area contributed by atoms with E-state index in [1.807, 2.05) is 12.1 Å². The minimum atomic E-state index is -0.584. The molecule has 25 heavy (non-hydrogen) atoms. The molecule has 0 saturated heterocycles. The standard InChI is InChI=1S/C18H16Cl3NO3/c1-10(2)11-3-5-12(6-4-11)18(24)25-9-16(23)22-17-14(20)7-13(19)8-15(17)21/h3-8,10H,9H2,1-2H3,(H,22,23). The number of anilines is 1. The summed E-state index contributed by atoms with van der Waals surface area (Å²) in [6.07, 6.45) is 0. The van der Waals surface area contributed by atoms with Gasteiger partial charge in [-0.25, -0.2) is 4.79 Å². The Labute approximate surface area is 161 Å². The fourth-order valence-corrected chi connectivity index (χ4v) is 2.97. The third-order valence-corrected chi connectivity index (χ3v) is 4.23. The van der Waals surface area contributed by atoms with Crippen molar-refractivity contribution < 1.29 is 14.3 Å². The molecule has 0 heterocycles. The fourth-order valence-electron chi connectivity index (χ4n) is 2.06. The molecule has 0 atom stereocenters. The van der Waals surface area contributed by atoms with Gasteiger partial charge in [-0.05, 0) is 35.7 Å². The zero-order chi connectivity index (χ0) is 18.6. The van der Waals surface area contributed by atoms with Crippen LogP contribution in [0.5, 0.6) is 0 Å². The maximum atomic E-state index is 12.0. The Morgan fingerprint density at radius 3 is 2.12 bits per heavy atom. The van der Waals surface area contributed by atoms with Gasteiger partial charge in [0.15, 0.2) is 6.61 Å². The first-order chi connectivity index (χ1) is 11.8. The van der Waals surface area contributed by atoms with Crippen molar-refractivity contribution in [1.82, 2.24) is 0 Å². The van der Waals surface area contributed by atoms with Crippen LogP contribution in [0.15, 0.2) is 36.4 Å². The SMILES string of the molecule is CC(C)c1ccc(C(=O)OCC(=O)Nc2c(Cl)cc(Cl)cc2Cl)cc1. The van der Waals surface area contributed by atoms with Gasteiger partial charge in [-0.3, -0.25) is 4.79 Å². The number of carbonyl (C=O) groups excluding carboxylic acids is 2. The molecule has 0 spiro atoms. The first-order valence-electron chi connectivity index (χ1n) is 7.49. The van der Waals surface area contributed by atoms with Gasteiger partial charge in [0.2, 0.25) is 0 Å². The topological polar surface area (TPSA) is 55.4 Å². The number of ether oxygens (including phenoxy) is 1. The summed E-state index contributed by atoms with van der Waals surface area (Å²) in [5, 5.41) is 3.24. The summed E-state index contributed by atoms with van der Waals surface area (Å²) >= 11 is 17.8. The predicted molar refractivity (Wildman–Crippen MR) is 101 cm³/mol. The molecule has 0 unspecified atom stereocenters. The second-order valence-electron chi connectivity index (χ2n) is 5.65. The fraction of sp³-hybridized carbons (Fsp3) is 0.222. The van der Waals surface area contributed by atoms with Crippen LogP contribution in [-0.4, -0.2) is 18.5 Å². The van der Waals surface area contributed by atoms with E-state index in [2.05, 4.69) is 19.2 Å². The quantitative estimate of drug-likeness (QED) is 0.668. The van der Waals surface area contributed by atoms with Gasteiger partial charge >= 0.3 is 5.97 Å². The molecule has 2 aromatic rings. The molecule has 0 saturated carbocycles. The van der Waals surface area contributed by atoms with Crippen LogP contribution in [0.3, 0.4) is 0 Å². The van der Waals surface area contributed by atoms with E-state index >= 15 is 0 Å². The van der Waals surface area contributed by atoms with Crippen LogP contribution < -0.4 is 5.32 Å². The normalized spacial score (nSPS) is 10.6. The molecule has 0 aliphatic heterocycles. The van der Waals surface area contributed by atoms with Gasteiger partial charge in [0.1, 0.15) is 0 Å². The highest BCUT2D eigenvalue weighted by Gasteiger charge is 2.14. The lowest BCUT2D eigenvalue weighted by atomic mass is 10.0. The molecule has 2 rings (SSSR count). The highest BCUT2D eigenvalue weighted by Crippen LogP contribution is 2.33. The third kappa shape index (κ3) is 5.36. The van der Waals surface area contributed by atoms with Crippen molar-refractivity contribution in [2.45, 2.75) is 19.8 Å². The number of rotatable bonds is 5. The summed E-state index contributed by atoms with van der Waals surface area (Å²) in [7, 11) is 0. The van der Waals surface area contributed by atoms with Crippen molar-refractivity contribution in [3.63, 3.8) is 0 Å². The average molecular weight is 401 g/mol. The lowest BCUT2D eigenvalue weighted by Gasteiger charge is -2.10. The largest absolute Gasteiger partial charge is 0.452 e. The van der Waals surface area contributed by atoms with Crippen LogP contribution in [-0.2, 0) is 9.53 Å². The Balaban J connectivity index is 1.94. The Morgan fingerprint density at radius 2 is 1.60 bits per heavy atom. The molecule has 1 N–H and O–H groups in total. The molecule has 0 aromatic heterocycles. The van der Waals surface area contributed by atoms with E-state index in [4.69, 9.17) is 39.5 Å². The number of hydrogen-bond acceptors (Lipinski definition) is 3. The van der Waals surface area contributed by atoms with E-state index in [0.717, 1.165) is 5.56 Å². The monoisotopic (exact) mass is 399 g/mol. The Hall–Kier alpha value is -1.75. The van der Waals surface area contributed by atoms with Crippen LogP contribution in [0.4, 0.5) is 5.69 Å².